The van der Waals surface area contributed by atoms with Crippen molar-refractivity contribution < 1.29 is 14.3 Å². The van der Waals surface area contributed by atoms with Crippen LogP contribution < -0.4 is 0 Å². The highest BCUT2D eigenvalue weighted by Gasteiger charge is 2.56. The number of nitrogens with one attached hydrogen (secondary N) is 1. The van der Waals surface area contributed by atoms with Gasteiger partial charge in [0, 0.05) is 34.8 Å². The Balaban J connectivity index is 1.68. The second kappa shape index (κ2) is 8.81. The monoisotopic (exact) mass is 457 g/mol. The minimum atomic E-state index is -0.742. The molecule has 1 saturated carbocycles. The number of aliphatic hydroxyl groups is 1. The highest BCUT2D eigenvalue weighted by molar-refractivity contribution is 5.87. The van der Waals surface area contributed by atoms with Gasteiger partial charge in [-0.25, -0.2) is 4.39 Å². The zero-order valence-electron chi connectivity index (χ0n) is 19.2. The molecule has 2 aliphatic carbocycles. The van der Waals surface area contributed by atoms with E-state index in [1.807, 2.05) is 25.1 Å². The Hall–Kier alpha value is -3.30. The fraction of sp³-hybridized carbons (Fsp3) is 0.393. The van der Waals surface area contributed by atoms with Crippen molar-refractivity contribution in [2.75, 3.05) is 6.61 Å². The third kappa shape index (κ3) is 3.47. The number of hydrogen-bond acceptors (Lipinski definition) is 4. The molecule has 0 radical (unpaired) electrons. The molecule has 2 unspecified atom stereocenters. The standard InChI is InChI=1S/C28H28FN3O2/c1-17-24-11-10-23-25(19-7-2-5-18(13-19)6-4-12-33)31-32-27(23)28(24,15-20(16-30)26(17)34)21-8-3-9-22(29)14-21/h2-3,5,7-9,13-14,17,20,24,33H,4,6,10-12,15H2,1H3,(H,31,32)/t17-,20?,24?,28-/m0/s1. The van der Waals surface area contributed by atoms with Crippen LogP contribution >= 0.6 is 0 Å². The number of aliphatic hydroxyl groups excluding tert-OH is 1. The van der Waals surface area contributed by atoms with Crippen LogP contribution in [0.4, 0.5) is 4.39 Å². The lowest BCUT2D eigenvalue weighted by Gasteiger charge is -2.50. The quantitative estimate of drug-likeness (QED) is 0.579. The van der Waals surface area contributed by atoms with Crippen LogP contribution in [0.3, 0.4) is 0 Å². The van der Waals surface area contributed by atoms with E-state index in [-0.39, 0.29) is 30.0 Å². The van der Waals surface area contributed by atoms with Gasteiger partial charge in [0.2, 0.25) is 0 Å². The van der Waals surface area contributed by atoms with Gasteiger partial charge < -0.3 is 5.11 Å². The van der Waals surface area contributed by atoms with Crippen molar-refractivity contribution in [2.45, 2.75) is 44.4 Å². The van der Waals surface area contributed by atoms with E-state index >= 15 is 0 Å². The fourth-order valence-corrected chi connectivity index (χ4v) is 6.33. The van der Waals surface area contributed by atoms with E-state index in [1.165, 1.54) is 6.07 Å². The van der Waals surface area contributed by atoms with Crippen LogP contribution in [0.25, 0.3) is 11.3 Å². The number of nitrogens with zero attached hydrogens (tertiary/aromatic N) is 2. The summed E-state index contributed by atoms with van der Waals surface area (Å²) in [6.45, 7) is 2.06. The lowest BCUT2D eigenvalue weighted by atomic mass is 9.51. The molecule has 5 nitrogen and oxygen atoms in total. The molecule has 2 aliphatic rings. The van der Waals surface area contributed by atoms with E-state index in [1.54, 1.807) is 12.1 Å². The largest absolute Gasteiger partial charge is 0.396 e. The van der Waals surface area contributed by atoms with Gasteiger partial charge in [-0.3, -0.25) is 9.89 Å². The van der Waals surface area contributed by atoms with Crippen molar-refractivity contribution in [3.63, 3.8) is 0 Å². The number of hydrogen-bond donors (Lipinski definition) is 2. The number of halogens is 1. The smallest absolute Gasteiger partial charge is 0.153 e. The number of fused-ring (bicyclic) bond motifs is 3. The topological polar surface area (TPSA) is 89.8 Å². The van der Waals surface area contributed by atoms with E-state index < -0.39 is 11.3 Å². The van der Waals surface area contributed by atoms with Gasteiger partial charge in [-0.05, 0) is 67.3 Å². The molecule has 2 aromatic carbocycles. The van der Waals surface area contributed by atoms with Crippen LogP contribution in [-0.4, -0.2) is 27.7 Å². The minimum Gasteiger partial charge on any atom is -0.396 e. The summed E-state index contributed by atoms with van der Waals surface area (Å²) in [5.41, 5.74) is 5.11. The first-order chi connectivity index (χ1) is 16.5. The molecule has 0 aliphatic heterocycles. The Labute approximate surface area is 198 Å². The molecule has 34 heavy (non-hydrogen) atoms. The summed E-state index contributed by atoms with van der Waals surface area (Å²) in [5, 5.41) is 27.1. The molecular formula is C28H28FN3O2. The predicted octanol–water partition coefficient (Wildman–Crippen LogP) is 4.74. The summed E-state index contributed by atoms with van der Waals surface area (Å²) in [7, 11) is 0. The number of rotatable bonds is 5. The Kier molecular flexibility index (Phi) is 5.83. The Bertz CT molecular complexity index is 1280. The minimum absolute atomic E-state index is 0.0145. The number of ketones is 1. The van der Waals surface area contributed by atoms with Gasteiger partial charge in [0.25, 0.3) is 0 Å². The summed E-state index contributed by atoms with van der Waals surface area (Å²) in [6, 6.07) is 17.0. The SMILES string of the molecule is C[C@@H]1C(=O)C(C#N)C[C@@]2(c3cccc(F)c3)c3[nH]nc(-c4cccc(CCCO)c4)c3CCC12. The number of aryl methyl sites for hydroxylation is 1. The zero-order chi connectivity index (χ0) is 23.9. The normalized spacial score (nSPS) is 25.9. The van der Waals surface area contributed by atoms with E-state index in [0.717, 1.165) is 52.9 Å². The first-order valence-corrected chi connectivity index (χ1v) is 12.0. The summed E-state index contributed by atoms with van der Waals surface area (Å²) in [4.78, 5) is 13.0. The average molecular weight is 458 g/mol. The lowest BCUT2D eigenvalue weighted by molar-refractivity contribution is -0.131. The van der Waals surface area contributed by atoms with E-state index in [9.17, 15) is 19.6 Å². The fourth-order valence-electron chi connectivity index (χ4n) is 6.33. The van der Waals surface area contributed by atoms with Crippen molar-refractivity contribution in [1.29, 1.82) is 5.26 Å². The maximum absolute atomic E-state index is 14.4. The van der Waals surface area contributed by atoms with Gasteiger partial charge in [-0.1, -0.05) is 37.3 Å². The highest BCUT2D eigenvalue weighted by Crippen LogP contribution is 2.56. The van der Waals surface area contributed by atoms with Gasteiger partial charge in [0.15, 0.2) is 5.78 Å². The number of H-pyrrole nitrogens is 1. The zero-order valence-corrected chi connectivity index (χ0v) is 19.2. The molecule has 0 amide bonds. The molecule has 0 bridgehead atoms. The molecule has 6 heteroatoms. The number of Topliss-reactive ketones (excluding diaryl/α,β-unsaturated/α-hetero) is 1. The maximum atomic E-state index is 14.4. The molecular weight excluding hydrogens is 429 g/mol. The molecule has 1 fully saturated rings. The highest BCUT2D eigenvalue weighted by atomic mass is 19.1. The van der Waals surface area contributed by atoms with E-state index in [0.29, 0.717) is 12.8 Å². The second-order valence-corrected chi connectivity index (χ2v) is 9.66. The summed E-state index contributed by atoms with van der Waals surface area (Å²) in [5.74, 6) is -1.42. The van der Waals surface area contributed by atoms with Gasteiger partial charge in [0.05, 0.1) is 11.8 Å². The molecule has 0 saturated heterocycles. The van der Waals surface area contributed by atoms with Gasteiger partial charge in [-0.2, -0.15) is 10.4 Å². The average Bonchev–Trinajstić information content (AvgIpc) is 3.30. The van der Waals surface area contributed by atoms with Gasteiger partial charge in [-0.15, -0.1) is 0 Å². The number of carbonyl (C=O) groups is 1. The molecule has 1 heterocycles. The van der Waals surface area contributed by atoms with Crippen LogP contribution in [-0.2, 0) is 23.1 Å². The Morgan fingerprint density at radius 3 is 2.85 bits per heavy atom. The van der Waals surface area contributed by atoms with Crippen LogP contribution in [0.1, 0.15) is 48.6 Å². The van der Waals surface area contributed by atoms with Crippen LogP contribution in [0.15, 0.2) is 48.5 Å². The molecule has 174 valence electrons. The molecule has 2 N–H and O–H groups in total. The lowest BCUT2D eigenvalue weighted by Crippen LogP contribution is -2.52. The molecule has 3 aromatic rings. The second-order valence-electron chi connectivity index (χ2n) is 9.66. The van der Waals surface area contributed by atoms with Gasteiger partial charge in [0.1, 0.15) is 11.7 Å². The molecule has 1 aromatic heterocycles. The van der Waals surface area contributed by atoms with Crippen LogP contribution in [0.2, 0.25) is 0 Å². The van der Waals surface area contributed by atoms with Crippen molar-refractivity contribution in [2.24, 2.45) is 17.8 Å². The number of aromatic amines is 1. The molecule has 4 atom stereocenters. The molecule has 0 spiro atoms. The number of aromatic nitrogens is 2. The molecule has 5 rings (SSSR count). The Morgan fingerprint density at radius 1 is 1.26 bits per heavy atom. The van der Waals surface area contributed by atoms with Crippen molar-refractivity contribution in [3.8, 4) is 17.3 Å². The summed E-state index contributed by atoms with van der Waals surface area (Å²) >= 11 is 0. The van der Waals surface area contributed by atoms with Crippen molar-refractivity contribution in [3.05, 3.63) is 76.7 Å². The number of nitriles is 1. The first kappa shape index (κ1) is 22.5. The maximum Gasteiger partial charge on any atom is 0.153 e. The third-order valence-electron chi connectivity index (χ3n) is 7.89. The number of benzene rings is 2. The summed E-state index contributed by atoms with van der Waals surface area (Å²) < 4.78 is 14.4. The van der Waals surface area contributed by atoms with E-state index in [4.69, 9.17) is 5.10 Å². The predicted molar refractivity (Wildman–Crippen MR) is 126 cm³/mol. The van der Waals surface area contributed by atoms with Crippen LogP contribution in [0, 0.1) is 34.9 Å². The Morgan fingerprint density at radius 2 is 2.09 bits per heavy atom. The van der Waals surface area contributed by atoms with Crippen molar-refractivity contribution in [1.82, 2.24) is 10.2 Å². The third-order valence-corrected chi connectivity index (χ3v) is 7.89. The van der Waals surface area contributed by atoms with Gasteiger partial charge >= 0.3 is 0 Å². The summed E-state index contributed by atoms with van der Waals surface area (Å²) in [6.07, 6.45) is 3.35. The van der Waals surface area contributed by atoms with Crippen LogP contribution in [0.5, 0.6) is 0 Å². The van der Waals surface area contributed by atoms with E-state index in [2.05, 4.69) is 23.3 Å². The van der Waals surface area contributed by atoms with Crippen molar-refractivity contribution >= 4 is 5.78 Å². The number of carbonyl (C=O) groups excluding carboxylic acids is 1. The first-order valence-electron chi connectivity index (χ1n) is 12.0.